The normalized spacial score (nSPS) is 15.3. The number of rotatable bonds is 2. The Balaban J connectivity index is 2.28. The predicted octanol–water partition coefficient (Wildman–Crippen LogP) is 1.84. The minimum atomic E-state index is -0.982. The summed E-state index contributed by atoms with van der Waals surface area (Å²) in [4.78, 5) is 17.3. The van der Waals surface area contributed by atoms with Crippen molar-refractivity contribution in [1.82, 2.24) is 9.97 Å². The van der Waals surface area contributed by atoms with E-state index in [1.807, 2.05) is 12.2 Å². The number of carboxylic acids is 1. The molecule has 0 saturated carbocycles. The molecule has 0 aromatic carbocycles. The minimum Gasteiger partial charge on any atom is -0.477 e. The summed E-state index contributed by atoms with van der Waals surface area (Å²) < 4.78 is 0. The number of nitrogens with zero attached hydrogens (tertiary/aromatic N) is 1. The number of carboxylic acid groups (broad SMARTS) is 1. The topological polar surface area (TPSA) is 66.0 Å². The fourth-order valence-electron chi connectivity index (χ4n) is 1.37. The maximum Gasteiger partial charge on any atom is 0.353 e. The molecule has 0 spiro atoms. The van der Waals surface area contributed by atoms with Crippen LogP contribution < -0.4 is 0 Å². The lowest BCUT2D eigenvalue weighted by atomic mass is 10.1. The SMILES string of the molecule is O=C(O)c1cnc(C2=CCCC=C2)[nH]1. The largest absolute Gasteiger partial charge is 0.477 e. The zero-order valence-corrected chi connectivity index (χ0v) is 7.53. The number of imidazole rings is 1. The lowest BCUT2D eigenvalue weighted by Gasteiger charge is -2.02. The third-order valence-corrected chi connectivity index (χ3v) is 2.07. The maximum atomic E-state index is 10.6. The first-order valence-corrected chi connectivity index (χ1v) is 4.43. The Hall–Kier alpha value is -1.84. The van der Waals surface area contributed by atoms with Gasteiger partial charge in [-0.2, -0.15) is 0 Å². The summed E-state index contributed by atoms with van der Waals surface area (Å²) in [6.45, 7) is 0. The van der Waals surface area contributed by atoms with E-state index in [0.717, 1.165) is 18.4 Å². The Labute approximate surface area is 81.0 Å². The third kappa shape index (κ3) is 1.59. The van der Waals surface area contributed by atoms with Gasteiger partial charge in [-0.25, -0.2) is 9.78 Å². The van der Waals surface area contributed by atoms with Crippen LogP contribution in [0.1, 0.15) is 29.2 Å². The average molecular weight is 190 g/mol. The van der Waals surface area contributed by atoms with Gasteiger partial charge in [0.05, 0.1) is 6.20 Å². The lowest BCUT2D eigenvalue weighted by Crippen LogP contribution is -1.96. The van der Waals surface area contributed by atoms with Gasteiger partial charge < -0.3 is 10.1 Å². The van der Waals surface area contributed by atoms with Crippen molar-refractivity contribution in [2.45, 2.75) is 12.8 Å². The van der Waals surface area contributed by atoms with Crippen LogP contribution in [0.5, 0.6) is 0 Å². The molecule has 0 bridgehead atoms. The first-order valence-electron chi connectivity index (χ1n) is 4.43. The van der Waals surface area contributed by atoms with Crippen molar-refractivity contribution < 1.29 is 9.90 Å². The molecule has 1 aliphatic carbocycles. The van der Waals surface area contributed by atoms with Crippen LogP contribution in [0.4, 0.5) is 0 Å². The van der Waals surface area contributed by atoms with Crippen molar-refractivity contribution in [3.63, 3.8) is 0 Å². The minimum absolute atomic E-state index is 0.125. The number of H-pyrrole nitrogens is 1. The Morgan fingerprint density at radius 2 is 2.36 bits per heavy atom. The van der Waals surface area contributed by atoms with E-state index in [0.29, 0.717) is 5.82 Å². The van der Waals surface area contributed by atoms with Crippen molar-refractivity contribution in [3.8, 4) is 0 Å². The number of aromatic carboxylic acids is 1. The van der Waals surface area contributed by atoms with Crippen LogP contribution in [0.3, 0.4) is 0 Å². The molecule has 4 heteroatoms. The van der Waals surface area contributed by atoms with Crippen LogP contribution in [0.15, 0.2) is 24.4 Å². The number of hydrogen-bond acceptors (Lipinski definition) is 2. The van der Waals surface area contributed by atoms with E-state index in [1.54, 1.807) is 0 Å². The predicted molar refractivity (Wildman–Crippen MR) is 51.9 cm³/mol. The van der Waals surface area contributed by atoms with Crippen LogP contribution >= 0.6 is 0 Å². The summed E-state index contributed by atoms with van der Waals surface area (Å²) in [6.07, 6.45) is 9.41. The number of allylic oxidation sites excluding steroid dienone is 4. The standard InChI is InChI=1S/C10H10N2O2/c13-10(14)8-6-11-9(12-8)7-4-2-1-3-5-7/h2,4-6H,1,3H2,(H,11,12)(H,13,14). The van der Waals surface area contributed by atoms with Crippen molar-refractivity contribution in [1.29, 1.82) is 0 Å². The van der Waals surface area contributed by atoms with Gasteiger partial charge in [0.2, 0.25) is 0 Å². The van der Waals surface area contributed by atoms with Gasteiger partial charge in [-0.15, -0.1) is 0 Å². The van der Waals surface area contributed by atoms with Gasteiger partial charge in [0, 0.05) is 5.57 Å². The Kier molecular flexibility index (Phi) is 2.18. The molecule has 0 radical (unpaired) electrons. The molecular formula is C10H10N2O2. The maximum absolute atomic E-state index is 10.6. The fraction of sp³-hybridized carbons (Fsp3) is 0.200. The number of hydrogen-bond donors (Lipinski definition) is 2. The summed E-state index contributed by atoms with van der Waals surface area (Å²) in [5, 5.41) is 8.69. The van der Waals surface area contributed by atoms with Gasteiger partial charge in [-0.3, -0.25) is 0 Å². The first kappa shape index (κ1) is 8.74. The number of carbonyl (C=O) groups is 1. The summed E-state index contributed by atoms with van der Waals surface area (Å²) in [5.41, 5.74) is 1.09. The quantitative estimate of drug-likeness (QED) is 0.747. The van der Waals surface area contributed by atoms with E-state index in [2.05, 4.69) is 16.0 Å². The number of nitrogens with one attached hydrogen (secondary N) is 1. The first-order chi connectivity index (χ1) is 6.77. The van der Waals surface area contributed by atoms with E-state index in [9.17, 15) is 4.79 Å². The van der Waals surface area contributed by atoms with Gasteiger partial charge in [-0.05, 0) is 12.8 Å². The molecule has 2 rings (SSSR count). The molecule has 0 unspecified atom stereocenters. The zero-order valence-electron chi connectivity index (χ0n) is 7.53. The highest BCUT2D eigenvalue weighted by Gasteiger charge is 2.09. The van der Waals surface area contributed by atoms with Crippen molar-refractivity contribution >= 4 is 11.5 Å². The zero-order chi connectivity index (χ0) is 9.97. The molecule has 0 aliphatic heterocycles. The van der Waals surface area contributed by atoms with Crippen LogP contribution in [-0.4, -0.2) is 21.0 Å². The van der Waals surface area contributed by atoms with E-state index in [-0.39, 0.29) is 5.69 Å². The lowest BCUT2D eigenvalue weighted by molar-refractivity contribution is 0.0691. The van der Waals surface area contributed by atoms with Crippen LogP contribution in [0.2, 0.25) is 0 Å². The summed E-state index contributed by atoms with van der Waals surface area (Å²) in [7, 11) is 0. The number of aromatic nitrogens is 2. The molecule has 2 N–H and O–H groups in total. The molecule has 4 nitrogen and oxygen atoms in total. The molecule has 1 aliphatic rings. The van der Waals surface area contributed by atoms with E-state index in [4.69, 9.17) is 5.11 Å². The molecule has 1 aromatic rings. The van der Waals surface area contributed by atoms with Gasteiger partial charge in [-0.1, -0.05) is 18.2 Å². The second-order valence-corrected chi connectivity index (χ2v) is 3.09. The van der Waals surface area contributed by atoms with E-state index >= 15 is 0 Å². The molecule has 0 amide bonds. The smallest absolute Gasteiger partial charge is 0.353 e. The highest BCUT2D eigenvalue weighted by molar-refractivity contribution is 5.86. The van der Waals surface area contributed by atoms with Crippen LogP contribution in [0, 0.1) is 0 Å². The summed E-state index contributed by atoms with van der Waals surface area (Å²) in [6, 6.07) is 0. The van der Waals surface area contributed by atoms with Gasteiger partial charge in [0.15, 0.2) is 0 Å². The fourth-order valence-corrected chi connectivity index (χ4v) is 1.37. The van der Waals surface area contributed by atoms with E-state index < -0.39 is 5.97 Å². The van der Waals surface area contributed by atoms with Gasteiger partial charge in [0.1, 0.15) is 11.5 Å². The van der Waals surface area contributed by atoms with Crippen molar-refractivity contribution in [3.05, 3.63) is 35.9 Å². The third-order valence-electron chi connectivity index (χ3n) is 2.07. The molecule has 0 saturated heterocycles. The Morgan fingerprint density at radius 1 is 1.50 bits per heavy atom. The molecule has 14 heavy (non-hydrogen) atoms. The molecule has 0 atom stereocenters. The monoisotopic (exact) mass is 190 g/mol. The van der Waals surface area contributed by atoms with Crippen LogP contribution in [-0.2, 0) is 0 Å². The second-order valence-electron chi connectivity index (χ2n) is 3.09. The van der Waals surface area contributed by atoms with Crippen molar-refractivity contribution in [2.24, 2.45) is 0 Å². The Morgan fingerprint density at radius 3 is 2.93 bits per heavy atom. The highest BCUT2D eigenvalue weighted by Crippen LogP contribution is 2.18. The van der Waals surface area contributed by atoms with E-state index in [1.165, 1.54) is 6.20 Å². The van der Waals surface area contributed by atoms with Gasteiger partial charge in [0.25, 0.3) is 0 Å². The molecular weight excluding hydrogens is 180 g/mol. The second kappa shape index (κ2) is 3.49. The summed E-state index contributed by atoms with van der Waals surface area (Å²) in [5.74, 6) is -0.359. The highest BCUT2D eigenvalue weighted by atomic mass is 16.4. The molecule has 72 valence electrons. The molecule has 0 fully saturated rings. The Bertz CT molecular complexity index is 416. The van der Waals surface area contributed by atoms with Gasteiger partial charge >= 0.3 is 5.97 Å². The molecule has 1 heterocycles. The van der Waals surface area contributed by atoms with Crippen LogP contribution in [0.25, 0.3) is 5.57 Å². The van der Waals surface area contributed by atoms with Crippen molar-refractivity contribution in [2.75, 3.05) is 0 Å². The summed E-state index contributed by atoms with van der Waals surface area (Å²) >= 11 is 0. The number of aromatic amines is 1. The molecule has 1 aromatic heterocycles. The average Bonchev–Trinajstić information content (AvgIpc) is 2.68.